The monoisotopic (exact) mass is 317 g/mol. The highest BCUT2D eigenvalue weighted by atomic mass is 19.4. The number of hydrogen-bond donors (Lipinski definition) is 1. The van der Waals surface area contributed by atoms with E-state index in [0.29, 0.717) is 12.8 Å². The lowest BCUT2D eigenvalue weighted by atomic mass is 9.94. The predicted octanol–water partition coefficient (Wildman–Crippen LogP) is 5.05. The van der Waals surface area contributed by atoms with Crippen molar-refractivity contribution in [3.05, 3.63) is 34.6 Å². The Balaban J connectivity index is 3.42. The van der Waals surface area contributed by atoms with E-state index < -0.39 is 40.9 Å². The topological polar surface area (TPSA) is 26.0 Å². The van der Waals surface area contributed by atoms with Gasteiger partial charge in [0.1, 0.15) is 5.82 Å². The van der Waals surface area contributed by atoms with Gasteiger partial charge in [-0.25, -0.2) is 4.39 Å². The van der Waals surface area contributed by atoms with E-state index >= 15 is 0 Å². The van der Waals surface area contributed by atoms with Gasteiger partial charge in [-0.15, -0.1) is 0 Å². The van der Waals surface area contributed by atoms with Crippen molar-refractivity contribution < 1.29 is 30.7 Å². The Morgan fingerprint density at radius 2 is 1.62 bits per heavy atom. The van der Waals surface area contributed by atoms with Crippen molar-refractivity contribution in [3.8, 4) is 0 Å². The molecule has 0 amide bonds. The molecule has 0 aliphatic carbocycles. The summed E-state index contributed by atoms with van der Waals surface area (Å²) >= 11 is 0. The van der Waals surface area contributed by atoms with Gasteiger partial charge in [0.05, 0.1) is 11.1 Å². The number of benzene rings is 1. The minimum Gasteiger partial charge on any atom is -0.324 e. The van der Waals surface area contributed by atoms with Crippen LogP contribution in [0.5, 0.6) is 0 Å². The van der Waals surface area contributed by atoms with Crippen LogP contribution < -0.4 is 5.73 Å². The molecular weight excluding hydrogens is 303 g/mol. The van der Waals surface area contributed by atoms with Crippen molar-refractivity contribution in [3.63, 3.8) is 0 Å². The molecule has 0 unspecified atom stereocenters. The van der Waals surface area contributed by atoms with Crippen molar-refractivity contribution in [2.45, 2.75) is 44.6 Å². The second kappa shape index (κ2) is 6.21. The quantitative estimate of drug-likeness (QED) is 0.772. The largest absolute Gasteiger partial charge is 0.416 e. The molecule has 0 spiro atoms. The van der Waals surface area contributed by atoms with Crippen molar-refractivity contribution in [1.29, 1.82) is 0 Å². The summed E-state index contributed by atoms with van der Waals surface area (Å²) in [7, 11) is 0. The smallest absolute Gasteiger partial charge is 0.324 e. The maximum Gasteiger partial charge on any atom is 0.416 e. The molecule has 21 heavy (non-hydrogen) atoms. The third kappa shape index (κ3) is 4.33. The molecule has 0 aromatic heterocycles. The van der Waals surface area contributed by atoms with Gasteiger partial charge >= 0.3 is 12.4 Å². The minimum atomic E-state index is -5.11. The number of alkyl halides is 6. The van der Waals surface area contributed by atoms with Crippen LogP contribution in [0.4, 0.5) is 30.7 Å². The zero-order valence-corrected chi connectivity index (χ0v) is 11.1. The number of unbranched alkanes of at least 4 members (excludes halogenated alkanes) is 1. The highest BCUT2D eigenvalue weighted by molar-refractivity contribution is 5.38. The highest BCUT2D eigenvalue weighted by Crippen LogP contribution is 2.40. The van der Waals surface area contributed by atoms with E-state index in [9.17, 15) is 30.7 Å². The molecule has 2 N–H and O–H groups in total. The zero-order chi connectivity index (χ0) is 16.4. The molecule has 0 aliphatic heterocycles. The molecule has 1 rings (SSSR count). The molecule has 1 aromatic carbocycles. The summed E-state index contributed by atoms with van der Waals surface area (Å²) in [4.78, 5) is 0. The molecule has 0 aliphatic rings. The molecule has 1 aromatic rings. The van der Waals surface area contributed by atoms with Crippen molar-refractivity contribution in [2.24, 2.45) is 5.73 Å². The molecule has 1 atom stereocenters. The molecule has 1 nitrogen and oxygen atoms in total. The van der Waals surface area contributed by atoms with Crippen molar-refractivity contribution in [2.75, 3.05) is 0 Å². The Morgan fingerprint density at radius 1 is 1.05 bits per heavy atom. The van der Waals surface area contributed by atoms with Gasteiger partial charge in [0.25, 0.3) is 0 Å². The van der Waals surface area contributed by atoms with Crippen molar-refractivity contribution in [1.82, 2.24) is 0 Å². The fourth-order valence-corrected chi connectivity index (χ4v) is 1.96. The van der Waals surface area contributed by atoms with E-state index in [2.05, 4.69) is 0 Å². The first-order valence-electron chi connectivity index (χ1n) is 6.21. The normalized spacial score (nSPS) is 14.3. The molecule has 0 saturated carbocycles. The SMILES string of the molecule is CCCC[C@@H](N)c1c(F)cc(C(F)(F)F)cc1C(F)(F)F. The number of hydrogen-bond acceptors (Lipinski definition) is 1. The van der Waals surface area contributed by atoms with Gasteiger partial charge in [0.15, 0.2) is 0 Å². The molecule has 0 radical (unpaired) electrons. The van der Waals surface area contributed by atoms with Gasteiger partial charge in [-0.3, -0.25) is 0 Å². The first-order chi connectivity index (χ1) is 9.48. The summed E-state index contributed by atoms with van der Waals surface area (Å²) < 4.78 is 90.0. The van der Waals surface area contributed by atoms with E-state index in [1.165, 1.54) is 0 Å². The van der Waals surface area contributed by atoms with Crippen LogP contribution in [0.15, 0.2) is 12.1 Å². The second-order valence-electron chi connectivity index (χ2n) is 4.66. The molecule has 120 valence electrons. The summed E-state index contributed by atoms with van der Waals surface area (Å²) in [5.41, 5.74) is 1.25. The molecule has 0 saturated heterocycles. The molecule has 0 fully saturated rings. The average Bonchev–Trinajstić information content (AvgIpc) is 2.32. The Bertz CT molecular complexity index is 491. The summed E-state index contributed by atoms with van der Waals surface area (Å²) in [6, 6.07) is -1.34. The van der Waals surface area contributed by atoms with Gasteiger partial charge in [-0.1, -0.05) is 19.8 Å². The number of halogens is 7. The maximum atomic E-state index is 13.8. The van der Waals surface area contributed by atoms with Crippen LogP contribution in [0, 0.1) is 5.82 Å². The van der Waals surface area contributed by atoms with Crippen LogP contribution in [0.1, 0.15) is 48.9 Å². The van der Waals surface area contributed by atoms with Crippen molar-refractivity contribution >= 4 is 0 Å². The summed E-state index contributed by atoms with van der Waals surface area (Å²) in [6.07, 6.45) is -9.05. The predicted molar refractivity (Wildman–Crippen MR) is 62.9 cm³/mol. The van der Waals surface area contributed by atoms with Gasteiger partial charge in [-0.2, -0.15) is 26.3 Å². The van der Waals surface area contributed by atoms with Crippen LogP contribution in [-0.2, 0) is 12.4 Å². The van der Waals surface area contributed by atoms with E-state index in [4.69, 9.17) is 5.73 Å². The van der Waals surface area contributed by atoms with Gasteiger partial charge in [-0.05, 0) is 18.6 Å². The first kappa shape index (κ1) is 17.7. The summed E-state index contributed by atoms with van der Waals surface area (Å²) in [5.74, 6) is -1.58. The van der Waals surface area contributed by atoms with Gasteiger partial charge < -0.3 is 5.73 Å². The third-order valence-electron chi connectivity index (χ3n) is 3.00. The fraction of sp³-hybridized carbons (Fsp3) is 0.538. The van der Waals surface area contributed by atoms with Crippen LogP contribution in [0.3, 0.4) is 0 Å². The van der Waals surface area contributed by atoms with E-state index in [1.54, 1.807) is 6.92 Å². The van der Waals surface area contributed by atoms with Crippen LogP contribution in [0.2, 0.25) is 0 Å². The Hall–Kier alpha value is -1.31. The van der Waals surface area contributed by atoms with Gasteiger partial charge in [0, 0.05) is 11.6 Å². The number of rotatable bonds is 4. The van der Waals surface area contributed by atoms with E-state index in [0.717, 1.165) is 0 Å². The van der Waals surface area contributed by atoms with Crippen LogP contribution in [0.25, 0.3) is 0 Å². The first-order valence-corrected chi connectivity index (χ1v) is 6.21. The second-order valence-corrected chi connectivity index (χ2v) is 4.66. The lowest BCUT2D eigenvalue weighted by Crippen LogP contribution is -2.21. The summed E-state index contributed by atoms with van der Waals surface area (Å²) in [5, 5.41) is 0. The molecule has 8 heteroatoms. The fourth-order valence-electron chi connectivity index (χ4n) is 1.96. The standard InChI is InChI=1S/C13H14F7N/c1-2-3-4-10(21)11-8(13(18,19)20)5-7(6-9(11)14)12(15,16)17/h5-6,10H,2-4,21H2,1H3/t10-/m1/s1. The van der Waals surface area contributed by atoms with E-state index in [1.807, 2.05) is 0 Å². The highest BCUT2D eigenvalue weighted by Gasteiger charge is 2.40. The molecular formula is C13H14F7N. The Morgan fingerprint density at radius 3 is 2.05 bits per heavy atom. The number of nitrogens with two attached hydrogens (primary N) is 1. The molecule has 0 bridgehead atoms. The van der Waals surface area contributed by atoms with Gasteiger partial charge in [0.2, 0.25) is 0 Å². The van der Waals surface area contributed by atoms with E-state index in [-0.39, 0.29) is 18.6 Å². The zero-order valence-electron chi connectivity index (χ0n) is 11.1. The van der Waals surface area contributed by atoms with Crippen LogP contribution >= 0.6 is 0 Å². The lowest BCUT2D eigenvalue weighted by molar-refractivity contribution is -0.144. The Kier molecular flexibility index (Phi) is 5.25. The maximum absolute atomic E-state index is 13.8. The molecule has 0 heterocycles. The minimum absolute atomic E-state index is 0.0520. The van der Waals surface area contributed by atoms with Crippen LogP contribution in [-0.4, -0.2) is 0 Å². The summed E-state index contributed by atoms with van der Waals surface area (Å²) in [6.45, 7) is 1.76. The average molecular weight is 317 g/mol. The third-order valence-corrected chi connectivity index (χ3v) is 3.00. The lowest BCUT2D eigenvalue weighted by Gasteiger charge is -2.21. The Labute approximate surface area is 116 Å².